The molecule has 1 atom stereocenters. The molecule has 2 aromatic rings. The van der Waals surface area contributed by atoms with E-state index in [4.69, 9.17) is 4.74 Å². The van der Waals surface area contributed by atoms with Gasteiger partial charge in [0.15, 0.2) is 12.4 Å². The number of amides is 1. The van der Waals surface area contributed by atoms with Crippen molar-refractivity contribution in [2.24, 2.45) is 0 Å². The van der Waals surface area contributed by atoms with Gasteiger partial charge in [0.25, 0.3) is 5.91 Å². The van der Waals surface area contributed by atoms with Crippen LogP contribution in [0.15, 0.2) is 48.5 Å². The number of anilines is 1. The van der Waals surface area contributed by atoms with E-state index in [-0.39, 0.29) is 5.91 Å². The molecule has 0 aliphatic rings. The van der Waals surface area contributed by atoms with E-state index < -0.39 is 6.10 Å². The molecule has 1 amide bonds. The van der Waals surface area contributed by atoms with Crippen molar-refractivity contribution in [3.05, 3.63) is 59.7 Å². The normalized spacial score (nSPS) is 11.5. The SMILES string of the molecule is Cc1ccc(OC(C)C(=O)Nc2ccccc2)c(C=O)c1. The van der Waals surface area contributed by atoms with Crippen molar-refractivity contribution in [1.82, 2.24) is 0 Å². The molecule has 0 bridgehead atoms. The molecule has 0 spiro atoms. The van der Waals surface area contributed by atoms with Gasteiger partial charge >= 0.3 is 0 Å². The van der Waals surface area contributed by atoms with E-state index >= 15 is 0 Å². The lowest BCUT2D eigenvalue weighted by molar-refractivity contribution is -0.122. The van der Waals surface area contributed by atoms with E-state index in [0.717, 1.165) is 11.8 Å². The Hall–Kier alpha value is -2.62. The molecule has 1 unspecified atom stereocenters. The molecule has 0 radical (unpaired) electrons. The quantitative estimate of drug-likeness (QED) is 0.857. The summed E-state index contributed by atoms with van der Waals surface area (Å²) >= 11 is 0. The summed E-state index contributed by atoms with van der Waals surface area (Å²) in [4.78, 5) is 23.1. The number of ether oxygens (including phenoxy) is 1. The molecule has 4 heteroatoms. The number of carbonyl (C=O) groups excluding carboxylic acids is 2. The van der Waals surface area contributed by atoms with Crippen LogP contribution in [-0.2, 0) is 4.79 Å². The van der Waals surface area contributed by atoms with Gasteiger partial charge in [0.05, 0.1) is 5.56 Å². The maximum absolute atomic E-state index is 12.1. The summed E-state index contributed by atoms with van der Waals surface area (Å²) in [5.41, 5.74) is 2.11. The summed E-state index contributed by atoms with van der Waals surface area (Å²) in [6.45, 7) is 3.54. The zero-order valence-electron chi connectivity index (χ0n) is 12.0. The average Bonchev–Trinajstić information content (AvgIpc) is 2.49. The molecule has 0 heterocycles. The second-order valence-electron chi connectivity index (χ2n) is 4.77. The number of hydrogen-bond donors (Lipinski definition) is 1. The standard InChI is InChI=1S/C17H17NO3/c1-12-8-9-16(14(10-12)11-19)21-13(2)17(20)18-15-6-4-3-5-7-15/h3-11,13H,1-2H3,(H,18,20). The Balaban J connectivity index is 2.05. The van der Waals surface area contributed by atoms with Gasteiger partial charge in [0, 0.05) is 5.69 Å². The Morgan fingerprint density at radius 3 is 2.57 bits per heavy atom. The van der Waals surface area contributed by atoms with Gasteiger partial charge in [0.1, 0.15) is 5.75 Å². The van der Waals surface area contributed by atoms with Crippen molar-refractivity contribution in [1.29, 1.82) is 0 Å². The topological polar surface area (TPSA) is 55.4 Å². The number of nitrogens with one attached hydrogen (secondary N) is 1. The smallest absolute Gasteiger partial charge is 0.265 e. The fourth-order valence-corrected chi connectivity index (χ4v) is 1.88. The predicted octanol–water partition coefficient (Wildman–Crippen LogP) is 3.21. The first-order valence-electron chi connectivity index (χ1n) is 6.68. The molecule has 2 aromatic carbocycles. The zero-order chi connectivity index (χ0) is 15.2. The number of para-hydroxylation sites is 1. The third kappa shape index (κ3) is 3.92. The number of aryl methyl sites for hydroxylation is 1. The number of carbonyl (C=O) groups is 2. The van der Waals surface area contributed by atoms with E-state index in [9.17, 15) is 9.59 Å². The van der Waals surface area contributed by atoms with Crippen molar-refractivity contribution >= 4 is 17.9 Å². The van der Waals surface area contributed by atoms with Crippen LogP contribution in [0.5, 0.6) is 5.75 Å². The second-order valence-corrected chi connectivity index (χ2v) is 4.77. The second kappa shape index (κ2) is 6.70. The van der Waals surface area contributed by atoms with E-state index in [1.807, 2.05) is 31.2 Å². The lowest BCUT2D eigenvalue weighted by atomic mass is 10.1. The highest BCUT2D eigenvalue weighted by molar-refractivity contribution is 5.94. The molecular weight excluding hydrogens is 266 g/mol. The number of aldehydes is 1. The van der Waals surface area contributed by atoms with Gasteiger partial charge in [-0.1, -0.05) is 29.8 Å². The summed E-state index contributed by atoms with van der Waals surface area (Å²) in [6.07, 6.45) is 0.0241. The minimum atomic E-state index is -0.702. The highest BCUT2D eigenvalue weighted by atomic mass is 16.5. The van der Waals surface area contributed by atoms with E-state index in [2.05, 4.69) is 5.32 Å². The molecule has 0 aliphatic heterocycles. The summed E-state index contributed by atoms with van der Waals surface area (Å²) in [6, 6.07) is 14.4. The molecular formula is C17H17NO3. The zero-order valence-corrected chi connectivity index (χ0v) is 12.0. The minimum absolute atomic E-state index is 0.265. The van der Waals surface area contributed by atoms with Gasteiger partial charge in [0.2, 0.25) is 0 Å². The first-order valence-corrected chi connectivity index (χ1v) is 6.68. The number of benzene rings is 2. The van der Waals surface area contributed by atoms with Crippen molar-refractivity contribution in [3.8, 4) is 5.75 Å². The number of hydrogen-bond acceptors (Lipinski definition) is 3. The maximum Gasteiger partial charge on any atom is 0.265 e. The van der Waals surface area contributed by atoms with Gasteiger partial charge in [-0.05, 0) is 38.1 Å². The highest BCUT2D eigenvalue weighted by Gasteiger charge is 2.16. The summed E-state index contributed by atoms with van der Waals surface area (Å²) in [5.74, 6) is 0.143. The summed E-state index contributed by atoms with van der Waals surface area (Å²) in [7, 11) is 0. The third-order valence-corrected chi connectivity index (χ3v) is 3.01. The monoisotopic (exact) mass is 283 g/mol. The molecule has 4 nitrogen and oxygen atoms in total. The van der Waals surface area contributed by atoms with Crippen molar-refractivity contribution in [3.63, 3.8) is 0 Å². The van der Waals surface area contributed by atoms with Crippen LogP contribution in [0.3, 0.4) is 0 Å². The Kier molecular flexibility index (Phi) is 4.72. The largest absolute Gasteiger partial charge is 0.480 e. The van der Waals surface area contributed by atoms with Crippen LogP contribution in [0.25, 0.3) is 0 Å². The molecule has 108 valence electrons. The third-order valence-electron chi connectivity index (χ3n) is 3.01. The fourth-order valence-electron chi connectivity index (χ4n) is 1.88. The van der Waals surface area contributed by atoms with Crippen LogP contribution in [0.1, 0.15) is 22.8 Å². The van der Waals surface area contributed by atoms with Crippen molar-refractivity contribution in [2.45, 2.75) is 20.0 Å². The van der Waals surface area contributed by atoms with Gasteiger partial charge in [-0.2, -0.15) is 0 Å². The number of rotatable bonds is 5. The first-order chi connectivity index (χ1) is 10.1. The minimum Gasteiger partial charge on any atom is -0.480 e. The van der Waals surface area contributed by atoms with Crippen LogP contribution in [-0.4, -0.2) is 18.3 Å². The highest BCUT2D eigenvalue weighted by Crippen LogP contribution is 2.20. The van der Waals surface area contributed by atoms with Crippen LogP contribution in [0.2, 0.25) is 0 Å². The van der Waals surface area contributed by atoms with Gasteiger partial charge < -0.3 is 10.1 Å². The molecule has 1 N–H and O–H groups in total. The molecule has 0 aromatic heterocycles. The lowest BCUT2D eigenvalue weighted by Crippen LogP contribution is -2.30. The van der Waals surface area contributed by atoms with E-state index in [1.54, 1.807) is 31.2 Å². The Bertz CT molecular complexity index is 638. The fraction of sp³-hybridized carbons (Fsp3) is 0.176. The molecule has 0 saturated heterocycles. The first kappa shape index (κ1) is 14.8. The molecule has 21 heavy (non-hydrogen) atoms. The Morgan fingerprint density at radius 1 is 1.19 bits per heavy atom. The van der Waals surface area contributed by atoms with Crippen LogP contribution in [0, 0.1) is 6.92 Å². The van der Waals surface area contributed by atoms with Crippen LogP contribution in [0.4, 0.5) is 5.69 Å². The van der Waals surface area contributed by atoms with Crippen LogP contribution >= 0.6 is 0 Å². The maximum atomic E-state index is 12.1. The van der Waals surface area contributed by atoms with E-state index in [1.165, 1.54) is 0 Å². The summed E-state index contributed by atoms with van der Waals surface area (Å²) in [5, 5.41) is 2.76. The van der Waals surface area contributed by atoms with Crippen molar-refractivity contribution < 1.29 is 14.3 Å². The molecule has 0 saturated carbocycles. The average molecular weight is 283 g/mol. The molecule has 0 aliphatic carbocycles. The predicted molar refractivity (Wildman–Crippen MR) is 81.7 cm³/mol. The van der Waals surface area contributed by atoms with Gasteiger partial charge in [-0.25, -0.2) is 0 Å². The van der Waals surface area contributed by atoms with Crippen LogP contribution < -0.4 is 10.1 Å². The van der Waals surface area contributed by atoms with Gasteiger partial charge in [-0.3, -0.25) is 9.59 Å². The lowest BCUT2D eigenvalue weighted by Gasteiger charge is -2.16. The Labute approximate surface area is 123 Å². The van der Waals surface area contributed by atoms with Crippen molar-refractivity contribution in [2.75, 3.05) is 5.32 Å². The molecule has 2 rings (SSSR count). The Morgan fingerprint density at radius 2 is 1.90 bits per heavy atom. The summed E-state index contributed by atoms with van der Waals surface area (Å²) < 4.78 is 5.58. The van der Waals surface area contributed by atoms with E-state index in [0.29, 0.717) is 17.0 Å². The van der Waals surface area contributed by atoms with Gasteiger partial charge in [-0.15, -0.1) is 0 Å². The molecule has 0 fully saturated rings.